The number of hydrogen-bond donors (Lipinski definition) is 1. The van der Waals surface area contributed by atoms with E-state index in [2.05, 4.69) is 5.32 Å². The second-order valence-corrected chi connectivity index (χ2v) is 5.86. The first-order valence-corrected chi connectivity index (χ1v) is 8.33. The van der Waals surface area contributed by atoms with E-state index >= 15 is 0 Å². The number of rotatable bonds is 3. The number of hydrogen-bond acceptors (Lipinski definition) is 1. The monoisotopic (exact) mass is 331 g/mol. The first kappa shape index (κ1) is 18.1. The summed E-state index contributed by atoms with van der Waals surface area (Å²) in [5.41, 5.74) is 2.79. The zero-order valence-corrected chi connectivity index (χ0v) is 14.5. The molecule has 24 heavy (non-hydrogen) atoms. The second kappa shape index (κ2) is 7.56. The molecule has 0 aromatic heterocycles. The summed E-state index contributed by atoms with van der Waals surface area (Å²) in [5, 5.41) is 2.59. The molecule has 1 fully saturated rings. The highest BCUT2D eigenvalue weighted by atomic mass is 19.1. The minimum atomic E-state index is -0.562. The van der Waals surface area contributed by atoms with Crippen molar-refractivity contribution in [3.63, 3.8) is 0 Å². The van der Waals surface area contributed by atoms with Gasteiger partial charge in [-0.2, -0.15) is 0 Å². The van der Waals surface area contributed by atoms with Gasteiger partial charge >= 0.3 is 0 Å². The Morgan fingerprint density at radius 2 is 1.75 bits per heavy atom. The number of anilines is 1. The lowest BCUT2D eigenvalue weighted by molar-refractivity contribution is 0.102. The van der Waals surface area contributed by atoms with Gasteiger partial charge in [0.2, 0.25) is 0 Å². The molecule has 1 saturated carbocycles. The van der Waals surface area contributed by atoms with Crippen LogP contribution in [0.25, 0.3) is 0 Å². The van der Waals surface area contributed by atoms with E-state index < -0.39 is 17.5 Å². The third kappa shape index (κ3) is 3.99. The van der Waals surface area contributed by atoms with Crippen molar-refractivity contribution < 1.29 is 13.6 Å². The molecule has 0 heterocycles. The van der Waals surface area contributed by atoms with Gasteiger partial charge < -0.3 is 5.32 Å². The zero-order valence-electron chi connectivity index (χ0n) is 14.5. The van der Waals surface area contributed by atoms with Gasteiger partial charge in [0.1, 0.15) is 11.6 Å². The molecule has 2 nitrogen and oxygen atoms in total. The Balaban J connectivity index is 0.00000100. The number of aryl methyl sites for hydroxylation is 1. The van der Waals surface area contributed by atoms with Crippen molar-refractivity contribution in [2.24, 2.45) is 0 Å². The van der Waals surface area contributed by atoms with Crippen LogP contribution in [0.1, 0.15) is 59.7 Å². The van der Waals surface area contributed by atoms with Gasteiger partial charge in [0.05, 0.1) is 5.56 Å². The van der Waals surface area contributed by atoms with Crippen molar-refractivity contribution in [2.75, 3.05) is 5.32 Å². The molecule has 0 bridgehead atoms. The van der Waals surface area contributed by atoms with Gasteiger partial charge in [-0.1, -0.05) is 19.9 Å². The predicted octanol–water partition coefficient (Wildman–Crippen LogP) is 5.74. The fourth-order valence-electron chi connectivity index (χ4n) is 2.52. The lowest BCUT2D eigenvalue weighted by atomic mass is 10.1. The van der Waals surface area contributed by atoms with Crippen LogP contribution in [-0.2, 0) is 0 Å². The first-order valence-electron chi connectivity index (χ1n) is 8.33. The molecule has 4 heteroatoms. The summed E-state index contributed by atoms with van der Waals surface area (Å²) < 4.78 is 27.6. The number of carbonyl (C=O) groups excluding carboxylic acids is 1. The lowest BCUT2D eigenvalue weighted by Gasteiger charge is -2.12. The average Bonchev–Trinajstić information content (AvgIpc) is 3.38. The largest absolute Gasteiger partial charge is 0.322 e. The van der Waals surface area contributed by atoms with Crippen molar-refractivity contribution in [2.45, 2.75) is 46.5 Å². The number of halogens is 2. The quantitative estimate of drug-likeness (QED) is 0.763. The molecule has 1 aliphatic rings. The normalized spacial score (nSPS) is 13.1. The van der Waals surface area contributed by atoms with E-state index in [0.29, 0.717) is 11.6 Å². The molecule has 2 aromatic rings. The average molecular weight is 331 g/mol. The van der Waals surface area contributed by atoms with E-state index in [9.17, 15) is 13.6 Å². The summed E-state index contributed by atoms with van der Waals surface area (Å²) in [6.07, 6.45) is 2.15. The number of benzene rings is 2. The van der Waals surface area contributed by atoms with Crippen molar-refractivity contribution in [3.05, 3.63) is 64.2 Å². The highest BCUT2D eigenvalue weighted by Crippen LogP contribution is 2.40. The Morgan fingerprint density at radius 1 is 1.08 bits per heavy atom. The van der Waals surface area contributed by atoms with Gasteiger partial charge in [-0.05, 0) is 73.6 Å². The van der Waals surface area contributed by atoms with Crippen LogP contribution in [0.15, 0.2) is 30.3 Å². The van der Waals surface area contributed by atoms with E-state index in [-0.39, 0.29) is 5.56 Å². The molecule has 1 N–H and O–H groups in total. The van der Waals surface area contributed by atoms with Crippen LogP contribution in [0.4, 0.5) is 14.5 Å². The Morgan fingerprint density at radius 3 is 2.33 bits per heavy atom. The van der Waals surface area contributed by atoms with Crippen molar-refractivity contribution in [1.82, 2.24) is 0 Å². The standard InChI is InChI=1S/C18H17F2NO.C2H6/c1-10-7-14(19)9-17(11(10)2)21-18(22)15-6-5-13(8-16(15)20)12-3-4-12;1-2/h5-9,12H,3-4H2,1-2H3,(H,21,22);1-2H3. The van der Waals surface area contributed by atoms with E-state index in [4.69, 9.17) is 0 Å². The van der Waals surface area contributed by atoms with Crippen molar-refractivity contribution >= 4 is 11.6 Å². The predicted molar refractivity (Wildman–Crippen MR) is 93.6 cm³/mol. The van der Waals surface area contributed by atoms with Crippen LogP contribution in [0.5, 0.6) is 0 Å². The third-order valence-electron chi connectivity index (χ3n) is 4.17. The molecule has 2 aromatic carbocycles. The van der Waals surface area contributed by atoms with Crippen LogP contribution in [-0.4, -0.2) is 5.91 Å². The van der Waals surface area contributed by atoms with Crippen molar-refractivity contribution in [3.8, 4) is 0 Å². The molecule has 1 aliphatic carbocycles. The maximum Gasteiger partial charge on any atom is 0.258 e. The van der Waals surface area contributed by atoms with Gasteiger partial charge in [0, 0.05) is 5.69 Å². The topological polar surface area (TPSA) is 29.1 Å². The van der Waals surface area contributed by atoms with Gasteiger partial charge in [-0.25, -0.2) is 8.78 Å². The Bertz CT molecular complexity index is 752. The molecule has 3 rings (SSSR count). The van der Waals surface area contributed by atoms with E-state index in [1.165, 1.54) is 24.3 Å². The summed E-state index contributed by atoms with van der Waals surface area (Å²) in [6, 6.07) is 7.36. The van der Waals surface area contributed by atoms with E-state index in [1.54, 1.807) is 19.9 Å². The summed E-state index contributed by atoms with van der Waals surface area (Å²) in [7, 11) is 0. The highest BCUT2D eigenvalue weighted by Gasteiger charge is 2.25. The minimum absolute atomic E-state index is 0.0225. The van der Waals surface area contributed by atoms with Crippen LogP contribution in [0, 0.1) is 25.5 Å². The molecular formula is C20H23F2NO. The third-order valence-corrected chi connectivity index (χ3v) is 4.17. The molecule has 0 spiro atoms. The minimum Gasteiger partial charge on any atom is -0.322 e. The summed E-state index contributed by atoms with van der Waals surface area (Å²) in [4.78, 5) is 12.2. The zero-order chi connectivity index (χ0) is 17.9. The van der Waals surface area contributed by atoms with Crippen LogP contribution < -0.4 is 5.32 Å². The molecular weight excluding hydrogens is 308 g/mol. The molecule has 0 aliphatic heterocycles. The summed E-state index contributed by atoms with van der Waals surface area (Å²) in [6.45, 7) is 7.55. The molecule has 0 saturated heterocycles. The summed E-state index contributed by atoms with van der Waals surface area (Å²) >= 11 is 0. The van der Waals surface area contributed by atoms with Crippen LogP contribution >= 0.6 is 0 Å². The van der Waals surface area contributed by atoms with Gasteiger partial charge in [-0.15, -0.1) is 0 Å². The lowest BCUT2D eigenvalue weighted by Crippen LogP contribution is -2.15. The SMILES string of the molecule is CC.Cc1cc(F)cc(NC(=O)c2ccc(C3CC3)cc2F)c1C. The van der Waals surface area contributed by atoms with E-state index in [1.807, 2.05) is 13.8 Å². The highest BCUT2D eigenvalue weighted by molar-refractivity contribution is 6.05. The number of amides is 1. The van der Waals surface area contributed by atoms with Crippen LogP contribution in [0.2, 0.25) is 0 Å². The number of carbonyl (C=O) groups is 1. The Labute approximate surface area is 141 Å². The molecule has 0 radical (unpaired) electrons. The maximum absolute atomic E-state index is 14.1. The summed E-state index contributed by atoms with van der Waals surface area (Å²) in [5.74, 6) is -1.09. The Hall–Kier alpha value is -2.23. The molecule has 1 amide bonds. The molecule has 0 unspecified atom stereocenters. The molecule has 0 atom stereocenters. The maximum atomic E-state index is 14.1. The second-order valence-electron chi connectivity index (χ2n) is 5.86. The fourth-order valence-corrected chi connectivity index (χ4v) is 2.52. The number of nitrogens with one attached hydrogen (secondary N) is 1. The van der Waals surface area contributed by atoms with Gasteiger partial charge in [-0.3, -0.25) is 4.79 Å². The molecule has 128 valence electrons. The van der Waals surface area contributed by atoms with Gasteiger partial charge in [0.15, 0.2) is 0 Å². The fraction of sp³-hybridized carbons (Fsp3) is 0.350. The smallest absolute Gasteiger partial charge is 0.258 e. The Kier molecular flexibility index (Phi) is 5.71. The van der Waals surface area contributed by atoms with Crippen molar-refractivity contribution in [1.29, 1.82) is 0 Å². The van der Waals surface area contributed by atoms with Crippen LogP contribution in [0.3, 0.4) is 0 Å². The van der Waals surface area contributed by atoms with E-state index in [0.717, 1.165) is 29.5 Å². The van der Waals surface area contributed by atoms with Gasteiger partial charge in [0.25, 0.3) is 5.91 Å². The first-order chi connectivity index (χ1) is 11.5.